The predicted octanol–water partition coefficient (Wildman–Crippen LogP) is 3.31. The third-order valence-electron chi connectivity index (χ3n) is 3.38. The van der Waals surface area contributed by atoms with Gasteiger partial charge in [0.15, 0.2) is 10.8 Å². The van der Waals surface area contributed by atoms with E-state index >= 15 is 0 Å². The molecule has 0 atom stereocenters. The molecule has 0 aliphatic carbocycles. The second-order valence-corrected chi connectivity index (χ2v) is 6.13. The first kappa shape index (κ1) is 21.5. The maximum atomic E-state index is 12.2. The van der Waals surface area contributed by atoms with Crippen molar-refractivity contribution in [2.45, 2.75) is 0 Å². The number of nitrogens with one attached hydrogen (secondary N) is 1. The van der Waals surface area contributed by atoms with Gasteiger partial charge >= 0.3 is 5.69 Å². The van der Waals surface area contributed by atoms with Crippen LogP contribution in [-0.2, 0) is 0 Å². The number of nitro benzene ring substituents is 1. The third-order valence-corrected chi connectivity index (χ3v) is 4.52. The lowest BCUT2D eigenvalue weighted by Gasteiger charge is -2.09. The number of hydrogen-bond acceptors (Lipinski definition) is 8. The molecule has 1 aromatic carbocycles. The van der Waals surface area contributed by atoms with Crippen molar-refractivity contribution in [3.05, 3.63) is 48.7 Å². The molecule has 148 valence electrons. The molecule has 3 N–H and O–H groups in total. The molecule has 2 rings (SSSR count). The number of benzene rings is 1. The molecule has 1 amide bonds. The van der Waals surface area contributed by atoms with Gasteiger partial charge in [-0.1, -0.05) is 34.8 Å². The lowest BCUT2D eigenvalue weighted by molar-refractivity contribution is -0.385. The number of ether oxygens (including phenoxy) is 2. The number of amides is 1. The molecule has 2 aromatic rings. The number of nitrogen functional groups attached to an aromatic ring is 1. The van der Waals surface area contributed by atoms with Crippen molar-refractivity contribution in [2.75, 3.05) is 20.0 Å². The first-order valence-corrected chi connectivity index (χ1v) is 8.38. The first-order valence-electron chi connectivity index (χ1n) is 7.25. The number of anilines is 1. The quantitative estimate of drug-likeness (QED) is 0.299. The van der Waals surface area contributed by atoms with Crippen molar-refractivity contribution < 1.29 is 19.2 Å². The fraction of sp³-hybridized carbons (Fsp3) is 0.133. The molecular weight excluding hydrogens is 437 g/mol. The van der Waals surface area contributed by atoms with E-state index in [9.17, 15) is 14.9 Å². The lowest BCUT2D eigenvalue weighted by atomic mass is 10.1. The minimum absolute atomic E-state index is 0.00491. The zero-order chi connectivity index (χ0) is 21.0. The van der Waals surface area contributed by atoms with Crippen molar-refractivity contribution in [1.82, 2.24) is 10.4 Å². The summed E-state index contributed by atoms with van der Waals surface area (Å²) in [5.41, 5.74) is 7.32. The fourth-order valence-electron chi connectivity index (χ4n) is 2.04. The van der Waals surface area contributed by atoms with Gasteiger partial charge in [-0.15, -0.1) is 0 Å². The average molecular weight is 449 g/mol. The molecule has 28 heavy (non-hydrogen) atoms. The maximum absolute atomic E-state index is 12.2. The van der Waals surface area contributed by atoms with E-state index in [4.69, 9.17) is 50.0 Å². The number of halogens is 3. The van der Waals surface area contributed by atoms with E-state index in [0.29, 0.717) is 0 Å². The number of nitrogens with zero attached hydrogens (tertiary/aromatic N) is 3. The summed E-state index contributed by atoms with van der Waals surface area (Å²) in [6.07, 6.45) is 1.14. The summed E-state index contributed by atoms with van der Waals surface area (Å²) >= 11 is 17.5. The molecular formula is C15H12Cl3N5O5. The number of nitro groups is 1. The highest BCUT2D eigenvalue weighted by molar-refractivity contribution is 6.46. The Morgan fingerprint density at radius 2 is 1.89 bits per heavy atom. The second kappa shape index (κ2) is 8.91. The number of rotatable bonds is 6. The number of carbonyl (C=O) groups excluding carboxylic acids is 1. The lowest BCUT2D eigenvalue weighted by Crippen LogP contribution is -2.20. The molecule has 13 heteroatoms. The highest BCUT2D eigenvalue weighted by Gasteiger charge is 2.21. The van der Waals surface area contributed by atoms with Crippen LogP contribution in [0.15, 0.2) is 17.2 Å². The molecule has 0 bridgehead atoms. The third kappa shape index (κ3) is 4.35. The summed E-state index contributed by atoms with van der Waals surface area (Å²) in [5, 5.41) is 14.4. The predicted molar refractivity (Wildman–Crippen MR) is 105 cm³/mol. The number of hydrogen-bond donors (Lipinski definition) is 2. The fourth-order valence-corrected chi connectivity index (χ4v) is 2.64. The Hall–Kier alpha value is -2.82. The van der Waals surface area contributed by atoms with Gasteiger partial charge in [-0.05, 0) is 0 Å². The van der Waals surface area contributed by atoms with E-state index in [2.05, 4.69) is 15.5 Å². The van der Waals surface area contributed by atoms with E-state index in [1.807, 2.05) is 0 Å². The molecule has 1 heterocycles. The van der Waals surface area contributed by atoms with Crippen molar-refractivity contribution in [3.8, 4) is 11.5 Å². The minimum Gasteiger partial charge on any atom is -0.496 e. The van der Waals surface area contributed by atoms with Crippen LogP contribution in [0.4, 0.5) is 11.4 Å². The number of pyridine rings is 1. The Labute approximate surface area is 173 Å². The van der Waals surface area contributed by atoms with Gasteiger partial charge in [0.1, 0.15) is 10.8 Å². The smallest absolute Gasteiger partial charge is 0.311 e. The molecule has 0 saturated carbocycles. The standard InChI is InChI=1S/C15H12Cl3N5O5/c1-27-8-4-9(28-2)7(23(25)26)3-6(8)5-20-22-15(24)13-10(16)12(19)11(17)14(18)21-13/h3-5H,1-2H3,(H2,19,21)(H,22,24)/b20-5+. The summed E-state index contributed by atoms with van der Waals surface area (Å²) in [6.45, 7) is 0. The van der Waals surface area contributed by atoms with Crippen LogP contribution in [0.3, 0.4) is 0 Å². The minimum atomic E-state index is -0.825. The summed E-state index contributed by atoms with van der Waals surface area (Å²) in [5.74, 6) is -0.589. The molecule has 0 radical (unpaired) electrons. The van der Waals surface area contributed by atoms with Crippen LogP contribution in [0, 0.1) is 10.1 Å². The van der Waals surface area contributed by atoms with Gasteiger partial charge < -0.3 is 15.2 Å². The summed E-state index contributed by atoms with van der Waals surface area (Å²) in [7, 11) is 2.65. The highest BCUT2D eigenvalue weighted by Crippen LogP contribution is 2.35. The van der Waals surface area contributed by atoms with Gasteiger partial charge in [-0.2, -0.15) is 5.10 Å². The SMILES string of the molecule is COc1cc(OC)c([N+](=O)[O-])cc1/C=N/NC(=O)c1nc(Cl)c(Cl)c(N)c1Cl. The van der Waals surface area contributed by atoms with Crippen LogP contribution >= 0.6 is 34.8 Å². The Balaban J connectivity index is 2.31. The zero-order valence-electron chi connectivity index (χ0n) is 14.3. The Morgan fingerprint density at radius 3 is 2.46 bits per heavy atom. The maximum Gasteiger partial charge on any atom is 0.311 e. The number of methoxy groups -OCH3 is 2. The average Bonchev–Trinajstić information content (AvgIpc) is 2.68. The molecule has 0 aliphatic heterocycles. The highest BCUT2D eigenvalue weighted by atomic mass is 35.5. The molecule has 0 fully saturated rings. The van der Waals surface area contributed by atoms with Crippen LogP contribution in [0.2, 0.25) is 15.2 Å². The number of nitrogens with two attached hydrogens (primary N) is 1. The molecule has 0 spiro atoms. The van der Waals surface area contributed by atoms with E-state index in [1.54, 1.807) is 0 Å². The van der Waals surface area contributed by atoms with E-state index in [0.717, 1.165) is 6.21 Å². The van der Waals surface area contributed by atoms with Gasteiger partial charge in [0.05, 0.1) is 36.1 Å². The van der Waals surface area contributed by atoms with Crippen LogP contribution in [0.1, 0.15) is 16.1 Å². The summed E-state index contributed by atoms with van der Waals surface area (Å²) < 4.78 is 10.1. The number of carbonyl (C=O) groups is 1. The monoisotopic (exact) mass is 447 g/mol. The van der Waals surface area contributed by atoms with Gasteiger partial charge in [-0.25, -0.2) is 10.4 Å². The van der Waals surface area contributed by atoms with E-state index < -0.39 is 10.8 Å². The number of hydrazone groups is 1. The normalized spacial score (nSPS) is 10.8. The van der Waals surface area contributed by atoms with Gasteiger partial charge in [0.2, 0.25) is 5.75 Å². The van der Waals surface area contributed by atoms with E-state index in [1.165, 1.54) is 26.4 Å². The van der Waals surface area contributed by atoms with Crippen molar-refractivity contribution in [1.29, 1.82) is 0 Å². The van der Waals surface area contributed by atoms with Crippen LogP contribution in [0.5, 0.6) is 11.5 Å². The Kier molecular flexibility index (Phi) is 6.84. The van der Waals surface area contributed by atoms with Crippen LogP contribution in [0.25, 0.3) is 0 Å². The van der Waals surface area contributed by atoms with Crippen LogP contribution in [-0.4, -0.2) is 36.2 Å². The molecule has 0 saturated heterocycles. The largest absolute Gasteiger partial charge is 0.496 e. The first-order chi connectivity index (χ1) is 13.2. The molecule has 0 aliphatic rings. The van der Waals surface area contributed by atoms with Gasteiger partial charge in [0.25, 0.3) is 5.91 Å². The molecule has 1 aromatic heterocycles. The van der Waals surface area contributed by atoms with Crippen molar-refractivity contribution >= 4 is 58.3 Å². The van der Waals surface area contributed by atoms with Gasteiger partial charge in [0, 0.05) is 17.7 Å². The Morgan fingerprint density at radius 1 is 1.25 bits per heavy atom. The molecule has 10 nitrogen and oxygen atoms in total. The topological polar surface area (TPSA) is 142 Å². The summed E-state index contributed by atoms with van der Waals surface area (Å²) in [6, 6.07) is 2.50. The van der Waals surface area contributed by atoms with Crippen LogP contribution < -0.4 is 20.6 Å². The van der Waals surface area contributed by atoms with E-state index in [-0.39, 0.29) is 49.3 Å². The summed E-state index contributed by atoms with van der Waals surface area (Å²) in [4.78, 5) is 26.5. The van der Waals surface area contributed by atoms with Crippen molar-refractivity contribution in [2.24, 2.45) is 5.10 Å². The Bertz CT molecular complexity index is 983. The van der Waals surface area contributed by atoms with Crippen molar-refractivity contribution in [3.63, 3.8) is 0 Å². The van der Waals surface area contributed by atoms with Gasteiger partial charge in [-0.3, -0.25) is 14.9 Å². The second-order valence-electron chi connectivity index (χ2n) is 5.02. The zero-order valence-corrected chi connectivity index (χ0v) is 16.6. The molecule has 0 unspecified atom stereocenters. The number of aromatic nitrogens is 1.